The van der Waals surface area contributed by atoms with Crippen LogP contribution in [0.2, 0.25) is 0 Å². The molecule has 13 heavy (non-hydrogen) atoms. The fourth-order valence-electron chi connectivity index (χ4n) is 0.802. The van der Waals surface area contributed by atoms with E-state index in [2.05, 4.69) is 24.5 Å². The molecule has 0 aromatic rings. The molecule has 0 rings (SSSR count). The lowest BCUT2D eigenvalue weighted by molar-refractivity contribution is -0.464. The van der Waals surface area contributed by atoms with Crippen LogP contribution in [0.4, 0.5) is 0 Å². The molecule has 0 bridgehead atoms. The first kappa shape index (κ1) is 11.7. The maximum Gasteiger partial charge on any atom is 0.175 e. The van der Waals surface area contributed by atoms with Gasteiger partial charge in [0.2, 0.25) is 0 Å². The van der Waals surface area contributed by atoms with Gasteiger partial charge in [-0.1, -0.05) is 18.2 Å². The van der Waals surface area contributed by atoms with Crippen LogP contribution in [0.25, 0.3) is 0 Å². The molecule has 0 aliphatic carbocycles. The van der Waals surface area contributed by atoms with Gasteiger partial charge in [-0.05, 0) is 19.2 Å². The second kappa shape index (κ2) is 6.23. The molecular weight excluding hydrogens is 160 g/mol. The van der Waals surface area contributed by atoms with Crippen molar-refractivity contribution in [1.29, 1.82) is 0 Å². The van der Waals surface area contributed by atoms with Crippen molar-refractivity contribution < 1.29 is 4.58 Å². The van der Waals surface area contributed by atoms with Crippen LogP contribution in [0.5, 0.6) is 0 Å². The van der Waals surface area contributed by atoms with Gasteiger partial charge in [0.25, 0.3) is 0 Å². The number of nitrogens with zero attached hydrogens (tertiary/aromatic N) is 1. The van der Waals surface area contributed by atoms with Crippen LogP contribution < -0.4 is 5.73 Å². The molecule has 2 heteroatoms. The summed E-state index contributed by atoms with van der Waals surface area (Å²) in [6, 6.07) is 0. The number of hydrogen-bond donors (Lipinski definition) is 1. The summed E-state index contributed by atoms with van der Waals surface area (Å²) >= 11 is 0. The van der Waals surface area contributed by atoms with Crippen LogP contribution in [0.3, 0.4) is 0 Å². The largest absolute Gasteiger partial charge is 0.405 e. The fourth-order valence-corrected chi connectivity index (χ4v) is 0.802. The molecule has 0 unspecified atom stereocenters. The molecule has 0 heterocycles. The lowest BCUT2D eigenvalue weighted by Gasteiger charge is -1.95. The average molecular weight is 179 g/mol. The molecule has 0 radical (unpaired) electrons. The minimum absolute atomic E-state index is 1.26. The van der Waals surface area contributed by atoms with Crippen LogP contribution >= 0.6 is 0 Å². The summed E-state index contributed by atoms with van der Waals surface area (Å²) in [7, 11) is 4.08. The number of nitrogens with two attached hydrogens (primary N) is 1. The highest BCUT2D eigenvalue weighted by molar-refractivity contribution is 5.93. The Morgan fingerprint density at radius 3 is 2.15 bits per heavy atom. The maximum atomic E-state index is 5.19. The Morgan fingerprint density at radius 2 is 1.69 bits per heavy atom. The van der Waals surface area contributed by atoms with E-state index in [4.69, 9.17) is 5.73 Å². The second-order valence-electron chi connectivity index (χ2n) is 3.10. The maximum absolute atomic E-state index is 5.19. The summed E-state index contributed by atoms with van der Waals surface area (Å²) in [4.78, 5) is 0. The van der Waals surface area contributed by atoms with E-state index < -0.39 is 0 Å². The molecule has 2 N–H and O–H groups in total. The summed E-state index contributed by atoms with van der Waals surface area (Å²) in [5.74, 6) is 0. The number of hydrogen-bond acceptors (Lipinski definition) is 1. The van der Waals surface area contributed by atoms with E-state index in [1.54, 1.807) is 6.08 Å². The van der Waals surface area contributed by atoms with Gasteiger partial charge in [0, 0.05) is 12.5 Å². The highest BCUT2D eigenvalue weighted by atomic mass is 14.9. The molecule has 2 nitrogen and oxygen atoms in total. The van der Waals surface area contributed by atoms with Gasteiger partial charge >= 0.3 is 0 Å². The smallest absolute Gasteiger partial charge is 0.175 e. The molecule has 0 saturated carbocycles. The zero-order chi connectivity index (χ0) is 10.3. The van der Waals surface area contributed by atoms with E-state index >= 15 is 0 Å². The first-order chi connectivity index (χ1) is 6.09. The second-order valence-corrected chi connectivity index (χ2v) is 3.10. The molecule has 0 aliphatic rings. The van der Waals surface area contributed by atoms with Crippen molar-refractivity contribution in [3.8, 4) is 0 Å². The molecule has 0 aromatic carbocycles. The molecule has 0 aliphatic heterocycles. The zero-order valence-electron chi connectivity index (χ0n) is 8.91. The molecule has 0 atom stereocenters. The third-order valence-corrected chi connectivity index (χ3v) is 1.92. The van der Waals surface area contributed by atoms with Crippen LogP contribution in [0.15, 0.2) is 36.1 Å². The Morgan fingerprint density at radius 1 is 1.08 bits per heavy atom. The minimum atomic E-state index is 1.26. The van der Waals surface area contributed by atoms with Crippen molar-refractivity contribution in [2.75, 3.05) is 14.1 Å². The fraction of sp³-hybridized carbons (Fsp3) is 0.364. The van der Waals surface area contributed by atoms with Crippen LogP contribution in [-0.4, -0.2) is 24.4 Å². The highest BCUT2D eigenvalue weighted by Gasteiger charge is 2.00. The lowest BCUT2D eigenvalue weighted by atomic mass is 10.2. The molecule has 0 amide bonds. The van der Waals surface area contributed by atoms with Gasteiger partial charge in [0.1, 0.15) is 14.1 Å². The van der Waals surface area contributed by atoms with Gasteiger partial charge in [-0.2, -0.15) is 0 Å². The van der Waals surface area contributed by atoms with Crippen molar-refractivity contribution in [2.24, 2.45) is 5.73 Å². The van der Waals surface area contributed by atoms with Gasteiger partial charge in [-0.3, -0.25) is 0 Å². The summed E-state index contributed by atoms with van der Waals surface area (Å²) in [6.07, 6.45) is 9.27. The van der Waals surface area contributed by atoms with Crippen molar-refractivity contribution in [3.63, 3.8) is 0 Å². The van der Waals surface area contributed by atoms with Gasteiger partial charge in [-0.15, -0.1) is 0 Å². The SMILES string of the molecule is CC(=CC=CC=CN)C(C)=[N+](C)C. The van der Waals surface area contributed by atoms with E-state index in [9.17, 15) is 0 Å². The van der Waals surface area contributed by atoms with E-state index in [0.717, 1.165) is 0 Å². The summed E-state index contributed by atoms with van der Waals surface area (Å²) in [5.41, 5.74) is 7.71. The summed E-state index contributed by atoms with van der Waals surface area (Å²) in [6.45, 7) is 4.18. The Balaban J connectivity index is 4.43. The first-order valence-electron chi connectivity index (χ1n) is 4.32. The average Bonchev–Trinajstić information content (AvgIpc) is 2.10. The monoisotopic (exact) mass is 179 g/mol. The lowest BCUT2D eigenvalue weighted by Crippen LogP contribution is -2.10. The first-order valence-corrected chi connectivity index (χ1v) is 4.32. The third kappa shape index (κ3) is 5.01. The van der Waals surface area contributed by atoms with E-state index in [1.165, 1.54) is 17.5 Å². The van der Waals surface area contributed by atoms with Crippen molar-refractivity contribution in [1.82, 2.24) is 0 Å². The molecular formula is C11H19N2+. The van der Waals surface area contributed by atoms with E-state index in [1.807, 2.05) is 26.2 Å². The summed E-state index contributed by atoms with van der Waals surface area (Å²) in [5, 5.41) is 0. The normalized spacial score (nSPS) is 12.8. The van der Waals surface area contributed by atoms with Gasteiger partial charge < -0.3 is 5.73 Å². The van der Waals surface area contributed by atoms with Gasteiger partial charge in [-0.25, -0.2) is 4.58 Å². The Hall–Kier alpha value is -1.31. The number of rotatable bonds is 3. The van der Waals surface area contributed by atoms with Crippen molar-refractivity contribution >= 4 is 5.71 Å². The van der Waals surface area contributed by atoms with E-state index in [0.29, 0.717) is 0 Å². The quantitative estimate of drug-likeness (QED) is 0.399. The van der Waals surface area contributed by atoms with Gasteiger partial charge in [0.05, 0.1) is 0 Å². The van der Waals surface area contributed by atoms with Crippen molar-refractivity contribution in [2.45, 2.75) is 13.8 Å². The van der Waals surface area contributed by atoms with Crippen LogP contribution in [-0.2, 0) is 0 Å². The summed E-state index contributed by atoms with van der Waals surface area (Å²) < 4.78 is 2.10. The molecule has 0 saturated heterocycles. The van der Waals surface area contributed by atoms with Gasteiger partial charge in [0.15, 0.2) is 5.71 Å². The Kier molecular flexibility index (Phi) is 5.60. The van der Waals surface area contributed by atoms with Crippen LogP contribution in [0.1, 0.15) is 13.8 Å². The predicted molar refractivity (Wildman–Crippen MR) is 59.0 cm³/mol. The third-order valence-electron chi connectivity index (χ3n) is 1.92. The molecule has 72 valence electrons. The minimum Gasteiger partial charge on any atom is -0.405 e. The Labute approximate surface area is 80.8 Å². The molecule has 0 aromatic heterocycles. The molecule has 0 fully saturated rings. The number of allylic oxidation sites excluding steroid dienone is 5. The topological polar surface area (TPSA) is 29.0 Å². The van der Waals surface area contributed by atoms with E-state index in [-0.39, 0.29) is 0 Å². The predicted octanol–water partition coefficient (Wildman–Crippen LogP) is 1.69. The highest BCUT2D eigenvalue weighted by Crippen LogP contribution is 1.96. The standard InChI is InChI=1S/C11H18N2/c1-10(11(2)13(3)4)8-6-5-7-9-12/h5-9,12H,1-4H3/p+1. The molecule has 0 spiro atoms. The Bertz CT molecular complexity index is 264. The van der Waals surface area contributed by atoms with Crippen LogP contribution in [0, 0.1) is 0 Å². The zero-order valence-corrected chi connectivity index (χ0v) is 8.91. The van der Waals surface area contributed by atoms with Crippen molar-refractivity contribution in [3.05, 3.63) is 36.1 Å².